The smallest absolute Gasteiger partial charge is 0.291 e. The molecule has 3 aromatic rings. The molecule has 0 aliphatic heterocycles. The van der Waals surface area contributed by atoms with E-state index in [1.54, 1.807) is 37.4 Å². The lowest BCUT2D eigenvalue weighted by molar-refractivity contribution is 0.0960. The minimum Gasteiger partial charge on any atom is -0.495 e. The van der Waals surface area contributed by atoms with E-state index < -0.39 is 5.91 Å². The molecule has 2 aromatic carbocycles. The Balaban J connectivity index is 1.91. The minimum atomic E-state index is -0.418. The molecule has 3 rings (SSSR count). The SMILES string of the molecule is CNC(=O)c1ccc(OC)c(NC(=O)c2cc3ccccc3o2)c1. The van der Waals surface area contributed by atoms with Gasteiger partial charge < -0.3 is 19.8 Å². The zero-order valence-corrected chi connectivity index (χ0v) is 13.3. The molecule has 1 heterocycles. The van der Waals surface area contributed by atoms with Crippen LogP contribution in [0.1, 0.15) is 20.9 Å². The fourth-order valence-corrected chi connectivity index (χ4v) is 2.37. The van der Waals surface area contributed by atoms with Crippen molar-refractivity contribution in [3.05, 3.63) is 59.9 Å². The van der Waals surface area contributed by atoms with Crippen LogP contribution in [-0.4, -0.2) is 26.0 Å². The van der Waals surface area contributed by atoms with Crippen molar-refractivity contribution >= 4 is 28.5 Å². The summed E-state index contributed by atoms with van der Waals surface area (Å²) in [5, 5.41) is 6.10. The Morgan fingerprint density at radius 2 is 1.83 bits per heavy atom. The first-order chi connectivity index (χ1) is 11.6. The van der Waals surface area contributed by atoms with E-state index >= 15 is 0 Å². The van der Waals surface area contributed by atoms with Crippen LogP contribution < -0.4 is 15.4 Å². The number of benzene rings is 2. The fourth-order valence-electron chi connectivity index (χ4n) is 2.37. The van der Waals surface area contributed by atoms with Gasteiger partial charge in [0.2, 0.25) is 0 Å². The maximum absolute atomic E-state index is 12.4. The molecule has 0 aliphatic rings. The molecular weight excluding hydrogens is 308 g/mol. The van der Waals surface area contributed by atoms with Crippen molar-refractivity contribution in [2.45, 2.75) is 0 Å². The summed E-state index contributed by atoms with van der Waals surface area (Å²) >= 11 is 0. The van der Waals surface area contributed by atoms with E-state index in [1.165, 1.54) is 7.11 Å². The van der Waals surface area contributed by atoms with E-state index in [1.807, 2.05) is 18.2 Å². The normalized spacial score (nSPS) is 10.4. The van der Waals surface area contributed by atoms with Gasteiger partial charge in [-0.1, -0.05) is 18.2 Å². The lowest BCUT2D eigenvalue weighted by Gasteiger charge is -2.11. The quantitative estimate of drug-likeness (QED) is 0.773. The summed E-state index contributed by atoms with van der Waals surface area (Å²) in [6, 6.07) is 13.8. The number of anilines is 1. The second-order valence-electron chi connectivity index (χ2n) is 5.10. The van der Waals surface area contributed by atoms with Gasteiger partial charge >= 0.3 is 0 Å². The van der Waals surface area contributed by atoms with Crippen molar-refractivity contribution in [3.63, 3.8) is 0 Å². The Bertz CT molecular complexity index is 881. The highest BCUT2D eigenvalue weighted by Crippen LogP contribution is 2.27. The van der Waals surface area contributed by atoms with E-state index in [9.17, 15) is 9.59 Å². The molecule has 6 heteroatoms. The molecule has 6 nitrogen and oxygen atoms in total. The van der Waals surface area contributed by atoms with Crippen LogP contribution in [0.15, 0.2) is 52.9 Å². The lowest BCUT2D eigenvalue weighted by atomic mass is 10.1. The summed E-state index contributed by atoms with van der Waals surface area (Å²) in [4.78, 5) is 24.2. The predicted octanol–water partition coefficient (Wildman–Crippen LogP) is 3.05. The molecule has 0 atom stereocenters. The molecule has 0 saturated carbocycles. The molecule has 1 aromatic heterocycles. The first kappa shape index (κ1) is 15.6. The van der Waals surface area contributed by atoms with E-state index in [-0.39, 0.29) is 11.7 Å². The van der Waals surface area contributed by atoms with Gasteiger partial charge in [-0.2, -0.15) is 0 Å². The molecule has 2 N–H and O–H groups in total. The molecule has 2 amide bonds. The number of hydrogen-bond donors (Lipinski definition) is 2. The van der Waals surface area contributed by atoms with Gasteiger partial charge in [0.1, 0.15) is 11.3 Å². The van der Waals surface area contributed by atoms with Crippen molar-refractivity contribution in [2.75, 3.05) is 19.5 Å². The van der Waals surface area contributed by atoms with Crippen molar-refractivity contribution in [1.82, 2.24) is 5.32 Å². The Labute approximate surface area is 138 Å². The highest BCUT2D eigenvalue weighted by atomic mass is 16.5. The molecular formula is C18H16N2O4. The number of carbonyl (C=O) groups excluding carboxylic acids is 2. The molecule has 0 saturated heterocycles. The Morgan fingerprint density at radius 1 is 1.04 bits per heavy atom. The average Bonchev–Trinajstić information content (AvgIpc) is 3.05. The van der Waals surface area contributed by atoms with Gasteiger partial charge in [0, 0.05) is 18.0 Å². The second-order valence-corrected chi connectivity index (χ2v) is 5.10. The molecule has 0 bridgehead atoms. The number of ether oxygens (including phenoxy) is 1. The highest BCUT2D eigenvalue weighted by Gasteiger charge is 2.16. The van der Waals surface area contributed by atoms with Gasteiger partial charge in [0.25, 0.3) is 11.8 Å². The Morgan fingerprint density at radius 3 is 2.54 bits per heavy atom. The number of para-hydroxylation sites is 1. The Hall–Kier alpha value is -3.28. The molecule has 122 valence electrons. The molecule has 0 radical (unpaired) electrons. The molecule has 0 unspecified atom stereocenters. The molecule has 0 aliphatic carbocycles. The van der Waals surface area contributed by atoms with Crippen LogP contribution in [0.5, 0.6) is 5.75 Å². The number of hydrogen-bond acceptors (Lipinski definition) is 4. The largest absolute Gasteiger partial charge is 0.495 e. The predicted molar refractivity (Wildman–Crippen MR) is 90.6 cm³/mol. The van der Waals surface area contributed by atoms with Gasteiger partial charge in [-0.3, -0.25) is 9.59 Å². The van der Waals surface area contributed by atoms with Crippen molar-refractivity contribution in [3.8, 4) is 5.75 Å². The summed E-state index contributed by atoms with van der Waals surface area (Å²) < 4.78 is 10.8. The number of rotatable bonds is 4. The van der Waals surface area contributed by atoms with E-state index in [2.05, 4.69) is 10.6 Å². The van der Waals surface area contributed by atoms with Crippen LogP contribution in [0.2, 0.25) is 0 Å². The van der Waals surface area contributed by atoms with Crippen LogP contribution in [0.3, 0.4) is 0 Å². The van der Waals surface area contributed by atoms with Crippen LogP contribution in [0, 0.1) is 0 Å². The van der Waals surface area contributed by atoms with Crippen molar-refractivity contribution < 1.29 is 18.7 Å². The summed E-state index contributed by atoms with van der Waals surface area (Å²) in [5.41, 5.74) is 1.44. The Kier molecular flexibility index (Phi) is 4.20. The summed E-state index contributed by atoms with van der Waals surface area (Å²) in [6.07, 6.45) is 0. The van der Waals surface area contributed by atoms with E-state index in [4.69, 9.17) is 9.15 Å². The van der Waals surface area contributed by atoms with Gasteiger partial charge in [-0.05, 0) is 30.3 Å². The van der Waals surface area contributed by atoms with Crippen LogP contribution in [0.4, 0.5) is 5.69 Å². The van der Waals surface area contributed by atoms with Gasteiger partial charge in [-0.15, -0.1) is 0 Å². The number of furan rings is 1. The first-order valence-electron chi connectivity index (χ1n) is 7.32. The molecule has 0 fully saturated rings. The van der Waals surface area contributed by atoms with Crippen molar-refractivity contribution in [1.29, 1.82) is 0 Å². The monoisotopic (exact) mass is 324 g/mol. The number of amides is 2. The van der Waals surface area contributed by atoms with E-state index in [0.717, 1.165) is 5.39 Å². The molecule has 0 spiro atoms. The van der Waals surface area contributed by atoms with Crippen LogP contribution in [0.25, 0.3) is 11.0 Å². The second kappa shape index (κ2) is 6.45. The average molecular weight is 324 g/mol. The lowest BCUT2D eigenvalue weighted by Crippen LogP contribution is -2.18. The first-order valence-corrected chi connectivity index (χ1v) is 7.32. The van der Waals surface area contributed by atoms with Crippen LogP contribution >= 0.6 is 0 Å². The van der Waals surface area contributed by atoms with Gasteiger partial charge in [0.05, 0.1) is 12.8 Å². The maximum atomic E-state index is 12.4. The third-order valence-electron chi connectivity index (χ3n) is 3.59. The topological polar surface area (TPSA) is 80.6 Å². The third kappa shape index (κ3) is 2.94. The van der Waals surface area contributed by atoms with Gasteiger partial charge in [-0.25, -0.2) is 0 Å². The molecule has 24 heavy (non-hydrogen) atoms. The summed E-state index contributed by atoms with van der Waals surface area (Å²) in [6.45, 7) is 0. The maximum Gasteiger partial charge on any atom is 0.291 e. The third-order valence-corrected chi connectivity index (χ3v) is 3.59. The number of nitrogens with one attached hydrogen (secondary N) is 2. The standard InChI is InChI=1S/C18H16N2O4/c1-19-17(21)12-7-8-15(23-2)13(9-12)20-18(22)16-10-11-5-3-4-6-14(11)24-16/h3-10H,1-2H3,(H,19,21)(H,20,22). The number of carbonyl (C=O) groups is 2. The van der Waals surface area contributed by atoms with Crippen molar-refractivity contribution in [2.24, 2.45) is 0 Å². The number of fused-ring (bicyclic) bond motifs is 1. The fraction of sp³-hybridized carbons (Fsp3) is 0.111. The van der Waals surface area contributed by atoms with E-state index in [0.29, 0.717) is 22.6 Å². The number of methoxy groups -OCH3 is 1. The summed E-state index contributed by atoms with van der Waals surface area (Å²) in [5.74, 6) is -0.0360. The zero-order chi connectivity index (χ0) is 17.1. The minimum absolute atomic E-state index is 0.184. The van der Waals surface area contributed by atoms with Gasteiger partial charge in [0.15, 0.2) is 5.76 Å². The zero-order valence-electron chi connectivity index (χ0n) is 13.3. The highest BCUT2D eigenvalue weighted by molar-refractivity contribution is 6.06. The van der Waals surface area contributed by atoms with Crippen LogP contribution in [-0.2, 0) is 0 Å². The summed E-state index contributed by atoms with van der Waals surface area (Å²) in [7, 11) is 3.03.